The number of aryl methyl sites for hydroxylation is 1. The molecule has 1 aromatic heterocycles. The number of benzene rings is 2. The molecular weight excluding hydrogens is 383 g/mol. The van der Waals surface area contributed by atoms with Crippen LogP contribution in [-0.4, -0.2) is 23.5 Å². The van der Waals surface area contributed by atoms with Crippen LogP contribution in [0.3, 0.4) is 0 Å². The van der Waals surface area contributed by atoms with E-state index in [0.717, 1.165) is 17.3 Å². The van der Waals surface area contributed by atoms with E-state index in [1.807, 2.05) is 25.1 Å². The Kier molecular flexibility index (Phi) is 5.90. The van der Waals surface area contributed by atoms with E-state index >= 15 is 0 Å². The minimum absolute atomic E-state index is 0.0377. The fourth-order valence-electron chi connectivity index (χ4n) is 2.95. The standard InChI is InChI=1S/C21H18ClFN2O3/c1-3-16-12(2)20(14-6-4-5-7-17(14)24-16)21(27)28-11-19(26)25-18-9-8-13(22)10-15(18)23/h4-10H,3,11H2,1-2H3,(H,25,26). The number of rotatable bonds is 5. The summed E-state index contributed by atoms with van der Waals surface area (Å²) >= 11 is 5.68. The molecule has 3 rings (SSSR count). The van der Waals surface area contributed by atoms with E-state index in [1.54, 1.807) is 13.0 Å². The van der Waals surface area contributed by atoms with Crippen LogP contribution in [0.5, 0.6) is 0 Å². The highest BCUT2D eigenvalue weighted by atomic mass is 35.5. The van der Waals surface area contributed by atoms with Crippen LogP contribution in [0.1, 0.15) is 28.5 Å². The largest absolute Gasteiger partial charge is 0.452 e. The summed E-state index contributed by atoms with van der Waals surface area (Å²) < 4.78 is 19.0. The van der Waals surface area contributed by atoms with E-state index in [-0.39, 0.29) is 10.7 Å². The highest BCUT2D eigenvalue weighted by molar-refractivity contribution is 6.30. The number of hydrogen-bond donors (Lipinski definition) is 1. The Morgan fingerprint density at radius 1 is 1.21 bits per heavy atom. The predicted molar refractivity (Wildman–Crippen MR) is 106 cm³/mol. The fourth-order valence-corrected chi connectivity index (χ4v) is 3.10. The molecule has 0 saturated carbocycles. The van der Waals surface area contributed by atoms with Gasteiger partial charge in [-0.3, -0.25) is 9.78 Å². The van der Waals surface area contributed by atoms with E-state index in [2.05, 4.69) is 10.3 Å². The van der Waals surface area contributed by atoms with Crippen LogP contribution in [0.25, 0.3) is 10.9 Å². The number of halogens is 2. The van der Waals surface area contributed by atoms with Gasteiger partial charge in [-0.2, -0.15) is 0 Å². The number of carbonyl (C=O) groups excluding carboxylic acids is 2. The maximum Gasteiger partial charge on any atom is 0.339 e. The number of ether oxygens (including phenoxy) is 1. The molecule has 0 spiro atoms. The SMILES string of the molecule is CCc1nc2ccccc2c(C(=O)OCC(=O)Nc2ccc(Cl)cc2F)c1C. The second-order valence-corrected chi connectivity index (χ2v) is 6.61. The number of para-hydroxylation sites is 1. The Bertz CT molecular complexity index is 1070. The Morgan fingerprint density at radius 3 is 2.68 bits per heavy atom. The highest BCUT2D eigenvalue weighted by Gasteiger charge is 2.19. The van der Waals surface area contributed by atoms with Crippen LogP contribution in [0.4, 0.5) is 10.1 Å². The van der Waals surface area contributed by atoms with Crippen LogP contribution in [0.2, 0.25) is 5.02 Å². The van der Waals surface area contributed by atoms with Crippen LogP contribution >= 0.6 is 11.6 Å². The molecule has 5 nitrogen and oxygen atoms in total. The first-order valence-electron chi connectivity index (χ1n) is 8.71. The van der Waals surface area contributed by atoms with Crippen molar-refractivity contribution >= 4 is 40.1 Å². The lowest BCUT2D eigenvalue weighted by molar-refractivity contribution is -0.119. The Hall–Kier alpha value is -2.99. The second-order valence-electron chi connectivity index (χ2n) is 6.18. The number of pyridine rings is 1. The number of aromatic nitrogens is 1. The molecule has 7 heteroatoms. The molecule has 0 radical (unpaired) electrons. The number of fused-ring (bicyclic) bond motifs is 1. The number of anilines is 1. The van der Waals surface area contributed by atoms with E-state index in [9.17, 15) is 14.0 Å². The lowest BCUT2D eigenvalue weighted by Crippen LogP contribution is -2.22. The van der Waals surface area contributed by atoms with Gasteiger partial charge in [-0.05, 0) is 43.2 Å². The number of esters is 1. The molecule has 0 atom stereocenters. The van der Waals surface area contributed by atoms with Crippen molar-refractivity contribution in [3.8, 4) is 0 Å². The third-order valence-corrected chi connectivity index (χ3v) is 4.55. The zero-order chi connectivity index (χ0) is 20.3. The van der Waals surface area contributed by atoms with Crippen molar-refractivity contribution < 1.29 is 18.7 Å². The molecule has 144 valence electrons. The molecule has 1 heterocycles. The van der Waals surface area contributed by atoms with E-state index in [4.69, 9.17) is 16.3 Å². The maximum atomic E-state index is 13.8. The van der Waals surface area contributed by atoms with Crippen LogP contribution < -0.4 is 5.32 Å². The predicted octanol–water partition coefficient (Wildman–Crippen LogP) is 4.69. The van der Waals surface area contributed by atoms with Crippen LogP contribution in [-0.2, 0) is 16.0 Å². The summed E-state index contributed by atoms with van der Waals surface area (Å²) in [6, 6.07) is 11.1. The van der Waals surface area contributed by atoms with Crippen molar-refractivity contribution in [3.63, 3.8) is 0 Å². The number of hydrogen-bond acceptors (Lipinski definition) is 4. The molecule has 28 heavy (non-hydrogen) atoms. The van der Waals surface area contributed by atoms with Crippen LogP contribution in [0, 0.1) is 12.7 Å². The van der Waals surface area contributed by atoms with Gasteiger partial charge in [0.05, 0.1) is 16.8 Å². The highest BCUT2D eigenvalue weighted by Crippen LogP contribution is 2.24. The average Bonchev–Trinajstić information content (AvgIpc) is 2.68. The Morgan fingerprint density at radius 2 is 1.96 bits per heavy atom. The van der Waals surface area contributed by atoms with E-state index in [0.29, 0.717) is 22.9 Å². The number of amides is 1. The molecule has 1 N–H and O–H groups in total. The van der Waals surface area contributed by atoms with Gasteiger partial charge in [0.25, 0.3) is 5.91 Å². The topological polar surface area (TPSA) is 68.3 Å². The first kappa shape index (κ1) is 19.8. The molecule has 0 aliphatic heterocycles. The summed E-state index contributed by atoms with van der Waals surface area (Å²) in [5.74, 6) is -1.95. The van der Waals surface area contributed by atoms with Crippen molar-refractivity contribution in [1.29, 1.82) is 0 Å². The van der Waals surface area contributed by atoms with Gasteiger partial charge >= 0.3 is 5.97 Å². The molecule has 0 aliphatic carbocycles. The van der Waals surface area contributed by atoms with E-state index in [1.165, 1.54) is 12.1 Å². The lowest BCUT2D eigenvalue weighted by atomic mass is 10.0. The van der Waals surface area contributed by atoms with Gasteiger partial charge in [0.1, 0.15) is 5.82 Å². The normalized spacial score (nSPS) is 10.7. The molecule has 0 unspecified atom stereocenters. The van der Waals surface area contributed by atoms with Crippen molar-refractivity contribution in [2.75, 3.05) is 11.9 Å². The summed E-state index contributed by atoms with van der Waals surface area (Å²) in [7, 11) is 0. The molecule has 1 amide bonds. The summed E-state index contributed by atoms with van der Waals surface area (Å²) in [6.07, 6.45) is 0.660. The van der Waals surface area contributed by atoms with Crippen LogP contribution in [0.15, 0.2) is 42.5 Å². The summed E-state index contributed by atoms with van der Waals surface area (Å²) in [5, 5.41) is 3.23. The summed E-state index contributed by atoms with van der Waals surface area (Å²) in [6.45, 7) is 3.21. The van der Waals surface area contributed by atoms with Gasteiger partial charge in [-0.1, -0.05) is 36.7 Å². The molecular formula is C21H18ClFN2O3. The average molecular weight is 401 g/mol. The molecule has 0 saturated heterocycles. The van der Waals surface area contributed by atoms with Gasteiger partial charge < -0.3 is 10.1 Å². The second kappa shape index (κ2) is 8.35. The molecule has 0 aliphatic rings. The minimum Gasteiger partial charge on any atom is -0.452 e. The first-order chi connectivity index (χ1) is 13.4. The summed E-state index contributed by atoms with van der Waals surface area (Å²) in [5.41, 5.74) is 2.54. The van der Waals surface area contributed by atoms with Gasteiger partial charge in [-0.15, -0.1) is 0 Å². The molecule has 0 bridgehead atoms. The molecule has 0 fully saturated rings. The van der Waals surface area contributed by atoms with Gasteiger partial charge in [-0.25, -0.2) is 9.18 Å². The van der Waals surface area contributed by atoms with Crippen molar-refractivity contribution in [2.45, 2.75) is 20.3 Å². The Labute approximate surface area is 166 Å². The number of carbonyl (C=O) groups is 2. The lowest BCUT2D eigenvalue weighted by Gasteiger charge is -2.13. The number of nitrogens with one attached hydrogen (secondary N) is 1. The zero-order valence-corrected chi connectivity index (χ0v) is 16.1. The fraction of sp³-hybridized carbons (Fsp3) is 0.190. The van der Waals surface area contributed by atoms with Gasteiger partial charge in [0, 0.05) is 16.1 Å². The van der Waals surface area contributed by atoms with Gasteiger partial charge in [0.2, 0.25) is 0 Å². The van der Waals surface area contributed by atoms with Gasteiger partial charge in [0.15, 0.2) is 6.61 Å². The first-order valence-corrected chi connectivity index (χ1v) is 9.08. The summed E-state index contributed by atoms with van der Waals surface area (Å²) in [4.78, 5) is 29.3. The molecule has 3 aromatic rings. The molecule has 2 aromatic carbocycles. The zero-order valence-electron chi connectivity index (χ0n) is 15.4. The number of nitrogens with zero attached hydrogens (tertiary/aromatic N) is 1. The van der Waals surface area contributed by atoms with Crippen molar-refractivity contribution in [2.24, 2.45) is 0 Å². The third kappa shape index (κ3) is 4.12. The monoisotopic (exact) mass is 400 g/mol. The van der Waals surface area contributed by atoms with Crippen molar-refractivity contribution in [3.05, 3.63) is 70.1 Å². The maximum absolute atomic E-state index is 13.8. The van der Waals surface area contributed by atoms with Crippen molar-refractivity contribution in [1.82, 2.24) is 4.98 Å². The minimum atomic E-state index is -0.671. The third-order valence-electron chi connectivity index (χ3n) is 4.32. The quantitative estimate of drug-likeness (QED) is 0.630. The smallest absolute Gasteiger partial charge is 0.339 e. The Balaban J connectivity index is 1.78. The van der Waals surface area contributed by atoms with E-state index < -0.39 is 24.3 Å².